The van der Waals surface area contributed by atoms with Crippen molar-refractivity contribution in [2.24, 2.45) is 5.92 Å². The molecule has 104 valence electrons. The molecule has 0 aromatic heterocycles. The Bertz CT molecular complexity index is 591. The third-order valence-electron chi connectivity index (χ3n) is 3.19. The highest BCUT2D eigenvalue weighted by Gasteiger charge is 2.31. The van der Waals surface area contributed by atoms with Gasteiger partial charge in [-0.25, -0.2) is 0 Å². The molecule has 1 saturated carbocycles. The van der Waals surface area contributed by atoms with Crippen LogP contribution in [-0.4, -0.2) is 30.9 Å². The smallest absolute Gasteiger partial charge is 0.309 e. The first-order chi connectivity index (χ1) is 9.63. The maximum absolute atomic E-state index is 11.9. The number of hydrogen-bond donors (Lipinski definition) is 1. The number of esters is 1. The van der Waals surface area contributed by atoms with Gasteiger partial charge in [-0.2, -0.15) is 0 Å². The molecule has 1 amide bonds. The van der Waals surface area contributed by atoms with Gasteiger partial charge < -0.3 is 14.8 Å². The number of Topliss-reactive ketones (excluding diaryl/α,β-unsaturated/α-hetero) is 1. The van der Waals surface area contributed by atoms with Gasteiger partial charge >= 0.3 is 5.97 Å². The van der Waals surface area contributed by atoms with Gasteiger partial charge in [-0.15, -0.1) is 0 Å². The molecule has 0 radical (unpaired) electrons. The topological polar surface area (TPSA) is 81.7 Å². The molecule has 2 aliphatic rings. The molecule has 1 aromatic carbocycles. The fourth-order valence-electron chi connectivity index (χ4n) is 1.91. The summed E-state index contributed by atoms with van der Waals surface area (Å²) in [5, 5.41) is 2.62. The van der Waals surface area contributed by atoms with Gasteiger partial charge in [0.25, 0.3) is 5.91 Å². The van der Waals surface area contributed by atoms with E-state index in [0.29, 0.717) is 17.0 Å². The van der Waals surface area contributed by atoms with E-state index in [-0.39, 0.29) is 36.8 Å². The molecule has 1 fully saturated rings. The summed E-state index contributed by atoms with van der Waals surface area (Å²) in [6.07, 6.45) is 1.68. The zero-order chi connectivity index (χ0) is 14.1. The molecule has 1 heterocycles. The number of amides is 1. The molecule has 6 heteroatoms. The van der Waals surface area contributed by atoms with Gasteiger partial charge in [0.1, 0.15) is 5.75 Å². The Labute approximate surface area is 115 Å². The van der Waals surface area contributed by atoms with Crippen LogP contribution in [-0.2, 0) is 14.3 Å². The van der Waals surface area contributed by atoms with Crippen LogP contribution in [0.3, 0.4) is 0 Å². The van der Waals surface area contributed by atoms with E-state index in [1.54, 1.807) is 12.1 Å². The second-order valence-electron chi connectivity index (χ2n) is 4.85. The Kier molecular flexibility index (Phi) is 3.14. The molecule has 1 aliphatic heterocycles. The molecule has 1 aliphatic carbocycles. The number of hydrogen-bond acceptors (Lipinski definition) is 5. The molecule has 3 rings (SSSR count). The highest BCUT2D eigenvalue weighted by atomic mass is 16.5. The van der Waals surface area contributed by atoms with Crippen molar-refractivity contribution in [3.05, 3.63) is 23.8 Å². The van der Waals surface area contributed by atoms with E-state index in [1.807, 2.05) is 0 Å². The first-order valence-electron chi connectivity index (χ1n) is 6.40. The predicted octanol–water partition coefficient (Wildman–Crippen LogP) is 1.15. The normalized spacial score (nSPS) is 16.7. The fourth-order valence-corrected chi connectivity index (χ4v) is 1.91. The first kappa shape index (κ1) is 12.7. The number of rotatable bonds is 4. The van der Waals surface area contributed by atoms with E-state index in [9.17, 15) is 14.4 Å². The van der Waals surface area contributed by atoms with Crippen molar-refractivity contribution < 1.29 is 23.9 Å². The van der Waals surface area contributed by atoms with Crippen molar-refractivity contribution in [3.8, 4) is 5.75 Å². The summed E-state index contributed by atoms with van der Waals surface area (Å²) < 4.78 is 10.1. The van der Waals surface area contributed by atoms with E-state index < -0.39 is 0 Å². The molecule has 0 bridgehead atoms. The standard InChI is InChI=1S/C14H13NO5/c16-11(6-20-14(18)8-1-2-8)9-3-4-12-10(5-9)15-13(17)7-19-12/h3-5,8H,1-2,6-7H2,(H,15,17). The number of carbonyl (C=O) groups excluding carboxylic acids is 3. The minimum absolute atomic E-state index is 0.0285. The zero-order valence-corrected chi connectivity index (χ0v) is 10.7. The predicted molar refractivity (Wildman–Crippen MR) is 68.6 cm³/mol. The van der Waals surface area contributed by atoms with Crippen molar-refractivity contribution >= 4 is 23.3 Å². The second kappa shape index (κ2) is 4.96. The quantitative estimate of drug-likeness (QED) is 0.658. The minimum Gasteiger partial charge on any atom is -0.482 e. The summed E-state index contributed by atoms with van der Waals surface area (Å²) >= 11 is 0. The van der Waals surface area contributed by atoms with E-state index in [0.717, 1.165) is 12.8 Å². The summed E-state index contributed by atoms with van der Waals surface area (Å²) in [4.78, 5) is 34.5. The van der Waals surface area contributed by atoms with Crippen LogP contribution in [0.5, 0.6) is 5.75 Å². The van der Waals surface area contributed by atoms with E-state index >= 15 is 0 Å². The first-order valence-corrected chi connectivity index (χ1v) is 6.40. The maximum atomic E-state index is 11.9. The Morgan fingerprint density at radius 2 is 2.15 bits per heavy atom. The average molecular weight is 275 g/mol. The molecule has 1 N–H and O–H groups in total. The third-order valence-corrected chi connectivity index (χ3v) is 3.19. The largest absolute Gasteiger partial charge is 0.482 e. The summed E-state index contributed by atoms with van der Waals surface area (Å²) in [5.74, 6) is -0.382. The van der Waals surface area contributed by atoms with Gasteiger partial charge in [-0.3, -0.25) is 14.4 Å². The molecule has 1 aromatic rings. The third kappa shape index (κ3) is 2.64. The molecule has 0 saturated heterocycles. The van der Waals surface area contributed by atoms with Crippen LogP contribution in [0.4, 0.5) is 5.69 Å². The van der Waals surface area contributed by atoms with Crippen molar-refractivity contribution in [2.45, 2.75) is 12.8 Å². The Morgan fingerprint density at radius 1 is 1.35 bits per heavy atom. The molecular formula is C14H13NO5. The zero-order valence-electron chi connectivity index (χ0n) is 10.7. The number of ether oxygens (including phenoxy) is 2. The summed E-state index contributed by atoms with van der Waals surface area (Å²) in [6, 6.07) is 4.73. The molecule has 6 nitrogen and oxygen atoms in total. The lowest BCUT2D eigenvalue weighted by atomic mass is 10.1. The van der Waals surface area contributed by atoms with E-state index in [2.05, 4.69) is 5.32 Å². The average Bonchev–Trinajstić information content (AvgIpc) is 3.28. The number of benzene rings is 1. The van der Waals surface area contributed by atoms with E-state index in [1.165, 1.54) is 6.07 Å². The Balaban J connectivity index is 1.66. The lowest BCUT2D eigenvalue weighted by Crippen LogP contribution is -2.25. The lowest BCUT2D eigenvalue weighted by Gasteiger charge is -2.18. The summed E-state index contributed by atoms with van der Waals surface area (Å²) in [5.41, 5.74) is 0.832. The number of ketones is 1. The minimum atomic E-state index is -0.312. The number of nitrogens with one attached hydrogen (secondary N) is 1. The van der Waals surface area contributed by atoms with Crippen LogP contribution >= 0.6 is 0 Å². The van der Waals surface area contributed by atoms with E-state index in [4.69, 9.17) is 9.47 Å². The number of fused-ring (bicyclic) bond motifs is 1. The maximum Gasteiger partial charge on any atom is 0.309 e. The van der Waals surface area contributed by atoms with Crippen molar-refractivity contribution in [1.82, 2.24) is 0 Å². The van der Waals surface area contributed by atoms with Crippen LogP contribution in [0.15, 0.2) is 18.2 Å². The summed E-state index contributed by atoms with van der Waals surface area (Å²) in [6.45, 7) is -0.303. The molecule has 20 heavy (non-hydrogen) atoms. The Morgan fingerprint density at radius 3 is 2.90 bits per heavy atom. The van der Waals surface area contributed by atoms with Gasteiger partial charge in [0.15, 0.2) is 19.0 Å². The molecular weight excluding hydrogens is 262 g/mol. The Hall–Kier alpha value is -2.37. The van der Waals surface area contributed by atoms with Gasteiger partial charge in [-0.05, 0) is 31.0 Å². The molecule has 0 unspecified atom stereocenters. The lowest BCUT2D eigenvalue weighted by molar-refractivity contribution is -0.144. The van der Waals surface area contributed by atoms with Gasteiger partial charge in [0.05, 0.1) is 11.6 Å². The van der Waals surface area contributed by atoms with Gasteiger partial charge in [0.2, 0.25) is 0 Å². The van der Waals surface area contributed by atoms with Crippen molar-refractivity contribution in [2.75, 3.05) is 18.5 Å². The van der Waals surface area contributed by atoms with Crippen LogP contribution in [0.25, 0.3) is 0 Å². The van der Waals surface area contributed by atoms with Crippen LogP contribution in [0.2, 0.25) is 0 Å². The van der Waals surface area contributed by atoms with Crippen LogP contribution in [0.1, 0.15) is 23.2 Å². The number of anilines is 1. The second-order valence-corrected chi connectivity index (χ2v) is 4.85. The summed E-state index contributed by atoms with van der Waals surface area (Å²) in [7, 11) is 0. The van der Waals surface area contributed by atoms with Crippen molar-refractivity contribution in [1.29, 1.82) is 0 Å². The molecule has 0 spiro atoms. The van der Waals surface area contributed by atoms with Gasteiger partial charge in [0, 0.05) is 5.56 Å². The fraction of sp³-hybridized carbons (Fsp3) is 0.357. The van der Waals surface area contributed by atoms with Crippen molar-refractivity contribution in [3.63, 3.8) is 0 Å². The van der Waals surface area contributed by atoms with Gasteiger partial charge in [-0.1, -0.05) is 0 Å². The van der Waals surface area contributed by atoms with Crippen LogP contribution in [0, 0.1) is 5.92 Å². The SMILES string of the molecule is O=C1COc2ccc(C(=O)COC(=O)C3CC3)cc2N1. The molecule has 0 atom stereocenters. The highest BCUT2D eigenvalue weighted by molar-refractivity contribution is 6.01. The number of carbonyl (C=O) groups is 3. The van der Waals surface area contributed by atoms with Crippen LogP contribution < -0.4 is 10.1 Å². The highest BCUT2D eigenvalue weighted by Crippen LogP contribution is 2.30. The monoisotopic (exact) mass is 275 g/mol.